The van der Waals surface area contributed by atoms with Gasteiger partial charge in [-0.1, -0.05) is 20.8 Å². The molecule has 17 heavy (non-hydrogen) atoms. The molecular formula is C14H29NO2. The van der Waals surface area contributed by atoms with E-state index in [9.17, 15) is 4.79 Å². The van der Waals surface area contributed by atoms with Crippen LogP contribution < -0.4 is 0 Å². The fourth-order valence-corrected chi connectivity index (χ4v) is 1.27. The molecule has 3 nitrogen and oxygen atoms in total. The molecule has 0 saturated carbocycles. The first-order chi connectivity index (χ1) is 7.42. The maximum absolute atomic E-state index is 11.9. The first-order valence-electron chi connectivity index (χ1n) is 6.35. The van der Waals surface area contributed by atoms with Gasteiger partial charge >= 0.3 is 5.97 Å². The molecule has 0 spiro atoms. The zero-order chi connectivity index (χ0) is 13.9. The first kappa shape index (κ1) is 16.4. The van der Waals surface area contributed by atoms with E-state index in [1.807, 2.05) is 34.7 Å². The van der Waals surface area contributed by atoms with E-state index in [0.717, 1.165) is 13.0 Å². The predicted octanol–water partition coefficient (Wildman–Crippen LogP) is 3.08. The summed E-state index contributed by atoms with van der Waals surface area (Å²) in [5, 5.41) is 0. The number of rotatable bonds is 4. The van der Waals surface area contributed by atoms with Crippen molar-refractivity contribution in [3.8, 4) is 0 Å². The third-order valence-electron chi connectivity index (χ3n) is 2.62. The minimum atomic E-state index is -0.407. The van der Waals surface area contributed by atoms with E-state index in [4.69, 9.17) is 4.74 Å². The minimum absolute atomic E-state index is 0.145. The largest absolute Gasteiger partial charge is 0.459 e. The van der Waals surface area contributed by atoms with Gasteiger partial charge in [-0.2, -0.15) is 0 Å². The van der Waals surface area contributed by atoms with Gasteiger partial charge in [0.05, 0.1) is 0 Å². The molecule has 0 aromatic carbocycles. The maximum atomic E-state index is 11.9. The Balaban J connectivity index is 4.21. The number of carbonyl (C=O) groups excluding carboxylic acids is 1. The molecule has 3 heteroatoms. The van der Waals surface area contributed by atoms with Crippen LogP contribution in [0.4, 0.5) is 0 Å². The van der Waals surface area contributed by atoms with Crippen molar-refractivity contribution in [2.45, 2.75) is 66.5 Å². The Morgan fingerprint density at radius 2 is 1.65 bits per heavy atom. The smallest absolute Gasteiger partial charge is 0.323 e. The lowest BCUT2D eigenvalue weighted by atomic mass is 9.92. The number of hydrogen-bond acceptors (Lipinski definition) is 3. The highest BCUT2D eigenvalue weighted by Crippen LogP contribution is 2.19. The van der Waals surface area contributed by atoms with Gasteiger partial charge in [0.1, 0.15) is 11.6 Å². The number of esters is 1. The lowest BCUT2D eigenvalue weighted by Crippen LogP contribution is -2.41. The number of nitrogens with zero attached hydrogens (tertiary/aromatic N) is 1. The van der Waals surface area contributed by atoms with Crippen molar-refractivity contribution >= 4 is 5.97 Å². The van der Waals surface area contributed by atoms with Crippen molar-refractivity contribution < 1.29 is 9.53 Å². The fraction of sp³-hybridized carbons (Fsp3) is 0.929. The highest BCUT2D eigenvalue weighted by Gasteiger charge is 2.25. The zero-order valence-corrected chi connectivity index (χ0v) is 12.8. The topological polar surface area (TPSA) is 29.5 Å². The van der Waals surface area contributed by atoms with Crippen LogP contribution in [-0.4, -0.2) is 36.1 Å². The molecule has 0 heterocycles. The van der Waals surface area contributed by atoms with Crippen molar-refractivity contribution in [1.82, 2.24) is 4.90 Å². The van der Waals surface area contributed by atoms with Crippen molar-refractivity contribution in [2.24, 2.45) is 5.41 Å². The summed E-state index contributed by atoms with van der Waals surface area (Å²) in [4.78, 5) is 13.9. The van der Waals surface area contributed by atoms with Crippen LogP contribution in [0.25, 0.3) is 0 Å². The zero-order valence-electron chi connectivity index (χ0n) is 12.8. The van der Waals surface area contributed by atoms with Crippen LogP contribution in [-0.2, 0) is 9.53 Å². The molecule has 0 amide bonds. The van der Waals surface area contributed by atoms with Crippen molar-refractivity contribution in [2.75, 3.05) is 13.6 Å². The van der Waals surface area contributed by atoms with Crippen LogP contribution in [0.1, 0.15) is 54.9 Å². The van der Waals surface area contributed by atoms with E-state index < -0.39 is 5.60 Å². The van der Waals surface area contributed by atoms with Gasteiger partial charge in [-0.05, 0) is 53.1 Å². The van der Waals surface area contributed by atoms with Crippen LogP contribution >= 0.6 is 0 Å². The summed E-state index contributed by atoms with van der Waals surface area (Å²) in [6.45, 7) is 15.1. The SMILES string of the molecule is C[C@@H](C(=O)OC(C)(C)C)N(C)CCC(C)(C)C. The predicted molar refractivity (Wildman–Crippen MR) is 72.0 cm³/mol. The summed E-state index contributed by atoms with van der Waals surface area (Å²) in [6, 6.07) is -0.184. The second-order valence-electron chi connectivity index (χ2n) is 7.00. The molecule has 0 N–H and O–H groups in total. The van der Waals surface area contributed by atoms with Gasteiger partial charge in [0.2, 0.25) is 0 Å². The van der Waals surface area contributed by atoms with Gasteiger partial charge < -0.3 is 4.74 Å². The van der Waals surface area contributed by atoms with Gasteiger partial charge in [0, 0.05) is 0 Å². The number of ether oxygens (including phenoxy) is 1. The van der Waals surface area contributed by atoms with E-state index in [0.29, 0.717) is 5.41 Å². The quantitative estimate of drug-likeness (QED) is 0.711. The molecule has 0 aromatic heterocycles. The second kappa shape index (κ2) is 5.85. The molecule has 102 valence electrons. The molecule has 0 fully saturated rings. The summed E-state index contributed by atoms with van der Waals surface area (Å²) in [5.41, 5.74) is -0.113. The van der Waals surface area contributed by atoms with Crippen molar-refractivity contribution in [3.63, 3.8) is 0 Å². The van der Waals surface area contributed by atoms with Gasteiger partial charge in [0.25, 0.3) is 0 Å². The van der Waals surface area contributed by atoms with Gasteiger partial charge in [-0.15, -0.1) is 0 Å². The average molecular weight is 243 g/mol. The van der Waals surface area contributed by atoms with Gasteiger partial charge in [-0.25, -0.2) is 0 Å². The van der Waals surface area contributed by atoms with Crippen LogP contribution in [0.5, 0.6) is 0 Å². The summed E-state index contributed by atoms with van der Waals surface area (Å²) in [5.74, 6) is -0.145. The standard InChI is InChI=1S/C14H29NO2/c1-11(12(16)17-14(5,6)7)15(8)10-9-13(2,3)4/h11H,9-10H2,1-8H3/t11-/m0/s1. The maximum Gasteiger partial charge on any atom is 0.323 e. The Bertz CT molecular complexity index is 248. The highest BCUT2D eigenvalue weighted by molar-refractivity contribution is 5.75. The molecule has 0 bridgehead atoms. The normalized spacial score (nSPS) is 14.9. The highest BCUT2D eigenvalue weighted by atomic mass is 16.6. The van der Waals surface area contributed by atoms with Crippen LogP contribution in [0.15, 0.2) is 0 Å². The number of carbonyl (C=O) groups is 1. The third-order valence-corrected chi connectivity index (χ3v) is 2.62. The average Bonchev–Trinajstić information content (AvgIpc) is 2.08. The summed E-state index contributed by atoms with van der Waals surface area (Å²) in [7, 11) is 1.97. The molecule has 0 rings (SSSR count). The lowest BCUT2D eigenvalue weighted by Gasteiger charge is -2.29. The van der Waals surface area contributed by atoms with E-state index in [1.165, 1.54) is 0 Å². The Labute approximate surface area is 107 Å². The number of likely N-dealkylation sites (N-methyl/N-ethyl adjacent to an activating group) is 1. The van der Waals surface area contributed by atoms with Gasteiger partial charge in [-0.3, -0.25) is 9.69 Å². The summed E-state index contributed by atoms with van der Waals surface area (Å²) < 4.78 is 5.37. The molecule has 0 aliphatic carbocycles. The van der Waals surface area contributed by atoms with Crippen molar-refractivity contribution in [3.05, 3.63) is 0 Å². The molecule has 0 radical (unpaired) electrons. The van der Waals surface area contributed by atoms with E-state index in [2.05, 4.69) is 25.7 Å². The van der Waals surface area contributed by atoms with E-state index in [-0.39, 0.29) is 12.0 Å². The lowest BCUT2D eigenvalue weighted by molar-refractivity contribution is -0.160. The molecule has 0 saturated heterocycles. The van der Waals surface area contributed by atoms with Gasteiger partial charge in [0.15, 0.2) is 0 Å². The molecule has 1 atom stereocenters. The monoisotopic (exact) mass is 243 g/mol. The van der Waals surface area contributed by atoms with Crippen LogP contribution in [0.3, 0.4) is 0 Å². The summed E-state index contributed by atoms with van der Waals surface area (Å²) in [6.07, 6.45) is 1.07. The summed E-state index contributed by atoms with van der Waals surface area (Å²) >= 11 is 0. The Morgan fingerprint density at radius 1 is 1.18 bits per heavy atom. The van der Waals surface area contributed by atoms with Crippen molar-refractivity contribution in [1.29, 1.82) is 0 Å². The minimum Gasteiger partial charge on any atom is -0.459 e. The van der Waals surface area contributed by atoms with Crippen LogP contribution in [0.2, 0.25) is 0 Å². The Kier molecular flexibility index (Phi) is 5.66. The number of hydrogen-bond donors (Lipinski definition) is 0. The molecule has 0 unspecified atom stereocenters. The molecular weight excluding hydrogens is 214 g/mol. The molecule has 0 aromatic rings. The Hall–Kier alpha value is -0.570. The van der Waals surface area contributed by atoms with Crippen LogP contribution in [0, 0.1) is 5.41 Å². The second-order valence-corrected chi connectivity index (χ2v) is 7.00. The Morgan fingerprint density at radius 3 is 2.00 bits per heavy atom. The molecule has 0 aliphatic rings. The van der Waals surface area contributed by atoms with E-state index in [1.54, 1.807) is 0 Å². The first-order valence-corrected chi connectivity index (χ1v) is 6.35. The third kappa shape index (κ3) is 8.19. The fourth-order valence-electron chi connectivity index (χ4n) is 1.27. The van der Waals surface area contributed by atoms with E-state index >= 15 is 0 Å². The molecule has 0 aliphatic heterocycles.